The predicted octanol–water partition coefficient (Wildman–Crippen LogP) is 4.25. The lowest BCUT2D eigenvalue weighted by molar-refractivity contribution is -0.153. The van der Waals surface area contributed by atoms with Crippen molar-refractivity contribution >= 4 is 11.6 Å². The topological polar surface area (TPSA) is 81.4 Å². The van der Waals surface area contributed by atoms with Crippen molar-refractivity contribution < 1.29 is 41.7 Å². The van der Waals surface area contributed by atoms with Crippen LogP contribution in [-0.4, -0.2) is 31.0 Å². The molecule has 1 amide bonds. The molecule has 5 rings (SSSR count). The van der Waals surface area contributed by atoms with Crippen molar-refractivity contribution in [3.8, 4) is 17.2 Å². The van der Waals surface area contributed by atoms with Gasteiger partial charge in [-0.1, -0.05) is 18.2 Å². The summed E-state index contributed by atoms with van der Waals surface area (Å²) >= 11 is 0. The number of hydrogen-bond donors (Lipinski definition) is 1. The van der Waals surface area contributed by atoms with Crippen LogP contribution in [0.5, 0.6) is 17.2 Å². The van der Waals surface area contributed by atoms with Gasteiger partial charge in [-0.15, -0.1) is 0 Å². The molecule has 0 bridgehead atoms. The van der Waals surface area contributed by atoms with E-state index in [1.807, 2.05) is 0 Å². The zero-order chi connectivity index (χ0) is 24.1. The van der Waals surface area contributed by atoms with Gasteiger partial charge < -0.3 is 28.6 Å². The molecule has 0 spiro atoms. The molecule has 178 valence electrons. The number of halogens is 3. The van der Waals surface area contributed by atoms with E-state index in [-0.39, 0.29) is 19.1 Å². The summed E-state index contributed by atoms with van der Waals surface area (Å²) in [6.07, 6.45) is -4.64. The number of furan rings is 1. The fourth-order valence-corrected chi connectivity index (χ4v) is 4.48. The number of amides is 1. The average molecular weight is 475 g/mol. The highest BCUT2D eigenvalue weighted by atomic mass is 19.4. The van der Waals surface area contributed by atoms with Crippen LogP contribution < -0.4 is 19.1 Å². The Morgan fingerprint density at radius 2 is 1.82 bits per heavy atom. The van der Waals surface area contributed by atoms with Crippen LogP contribution in [0.2, 0.25) is 0 Å². The lowest BCUT2D eigenvalue weighted by Crippen LogP contribution is -2.44. The molecule has 0 saturated heterocycles. The lowest BCUT2D eigenvalue weighted by atomic mass is 9.75. The molecule has 1 atom stereocenters. The van der Waals surface area contributed by atoms with Gasteiger partial charge in [-0.3, -0.25) is 4.79 Å². The van der Waals surface area contributed by atoms with E-state index < -0.39 is 29.9 Å². The molecule has 3 aromatic rings. The van der Waals surface area contributed by atoms with E-state index in [1.54, 1.807) is 43.3 Å². The fourth-order valence-electron chi connectivity index (χ4n) is 4.48. The van der Waals surface area contributed by atoms with E-state index in [0.717, 1.165) is 6.07 Å². The van der Waals surface area contributed by atoms with Crippen LogP contribution in [0.4, 0.5) is 18.9 Å². The maximum Gasteiger partial charge on any atom is 0.449 e. The van der Waals surface area contributed by atoms with E-state index in [9.17, 15) is 23.1 Å². The number of carbonyl (C=O) groups excluding carboxylic acids is 1. The Kier molecular flexibility index (Phi) is 5.20. The first kappa shape index (κ1) is 22.1. The number of fused-ring (bicyclic) bond motifs is 2. The monoisotopic (exact) mass is 475 g/mol. The van der Waals surface area contributed by atoms with Crippen molar-refractivity contribution in [3.63, 3.8) is 0 Å². The van der Waals surface area contributed by atoms with Crippen molar-refractivity contribution in [1.82, 2.24) is 0 Å². The number of carbonyl (C=O) groups is 1. The van der Waals surface area contributed by atoms with E-state index >= 15 is 0 Å². The number of aliphatic hydroxyl groups excluding tert-OH is 1. The molecule has 34 heavy (non-hydrogen) atoms. The minimum absolute atomic E-state index is 0.00711. The summed E-state index contributed by atoms with van der Waals surface area (Å²) in [5, 5.41) is 10.7. The van der Waals surface area contributed by atoms with Gasteiger partial charge >= 0.3 is 6.18 Å². The van der Waals surface area contributed by atoms with Crippen molar-refractivity contribution in [2.75, 3.05) is 24.9 Å². The van der Waals surface area contributed by atoms with Crippen LogP contribution in [0.1, 0.15) is 29.6 Å². The number of aliphatic hydroxyl groups is 1. The summed E-state index contributed by atoms with van der Waals surface area (Å²) in [6, 6.07) is 12.0. The van der Waals surface area contributed by atoms with Crippen LogP contribution in [0, 0.1) is 0 Å². The first-order chi connectivity index (χ1) is 16.3. The molecule has 2 aromatic carbocycles. The second-order valence-corrected chi connectivity index (χ2v) is 7.87. The quantitative estimate of drug-likeness (QED) is 0.574. The van der Waals surface area contributed by atoms with E-state index in [2.05, 4.69) is 0 Å². The Labute approximate surface area is 192 Å². The van der Waals surface area contributed by atoms with Crippen LogP contribution in [-0.2, 0) is 22.9 Å². The first-order valence-corrected chi connectivity index (χ1v) is 10.5. The van der Waals surface area contributed by atoms with Gasteiger partial charge in [0, 0.05) is 17.3 Å². The molecule has 0 fully saturated rings. The van der Waals surface area contributed by atoms with E-state index in [0.29, 0.717) is 40.7 Å². The van der Waals surface area contributed by atoms with Crippen molar-refractivity contribution in [3.05, 3.63) is 71.2 Å². The fraction of sp³-hybridized carbons (Fsp3) is 0.292. The Bertz CT molecular complexity index is 1250. The number of rotatable bonds is 6. The third-order valence-corrected chi connectivity index (χ3v) is 5.99. The van der Waals surface area contributed by atoms with E-state index in [1.165, 1.54) is 11.0 Å². The standard InChI is InChI=1S/C24H20F3NO6/c1-2-31-18-10-20-19(32-13-33-20)9-16(18)23(12-29)15-5-3-4-6-17(15)28(22(23)30)11-14-7-8-21(34-14)24(25,26)27/h3-10,29H,2,11-13H2,1H3. The van der Waals surface area contributed by atoms with Crippen LogP contribution >= 0.6 is 0 Å². The second kappa shape index (κ2) is 7.98. The van der Waals surface area contributed by atoms with Crippen molar-refractivity contribution in [1.29, 1.82) is 0 Å². The first-order valence-electron chi connectivity index (χ1n) is 10.5. The molecule has 1 aromatic heterocycles. The number of anilines is 1. The summed E-state index contributed by atoms with van der Waals surface area (Å²) in [4.78, 5) is 15.3. The Hall–Kier alpha value is -3.66. The van der Waals surface area contributed by atoms with E-state index in [4.69, 9.17) is 18.6 Å². The summed E-state index contributed by atoms with van der Waals surface area (Å²) in [7, 11) is 0. The van der Waals surface area contributed by atoms with Gasteiger partial charge in [-0.25, -0.2) is 0 Å². The van der Waals surface area contributed by atoms with Crippen LogP contribution in [0.3, 0.4) is 0 Å². The van der Waals surface area contributed by atoms with Gasteiger partial charge in [0.2, 0.25) is 18.5 Å². The van der Waals surface area contributed by atoms with Gasteiger partial charge in [0.15, 0.2) is 11.5 Å². The minimum Gasteiger partial charge on any atom is -0.493 e. The van der Waals surface area contributed by atoms with Gasteiger partial charge in [0.05, 0.1) is 19.8 Å². The second-order valence-electron chi connectivity index (χ2n) is 7.87. The molecule has 2 aliphatic heterocycles. The largest absolute Gasteiger partial charge is 0.493 e. The van der Waals surface area contributed by atoms with Crippen LogP contribution in [0.15, 0.2) is 52.9 Å². The van der Waals surface area contributed by atoms with Crippen LogP contribution in [0.25, 0.3) is 0 Å². The molecule has 3 heterocycles. The number of benzene rings is 2. The smallest absolute Gasteiger partial charge is 0.449 e. The third kappa shape index (κ3) is 3.28. The maximum absolute atomic E-state index is 14.0. The zero-order valence-corrected chi connectivity index (χ0v) is 18.0. The highest BCUT2D eigenvalue weighted by molar-refractivity contribution is 6.11. The number of nitrogens with zero attached hydrogens (tertiary/aromatic N) is 1. The molecular weight excluding hydrogens is 455 g/mol. The van der Waals surface area contributed by atoms with Gasteiger partial charge in [0.25, 0.3) is 0 Å². The molecule has 0 radical (unpaired) electrons. The molecule has 0 aliphatic carbocycles. The van der Waals surface area contributed by atoms with Crippen molar-refractivity contribution in [2.45, 2.75) is 25.1 Å². The Morgan fingerprint density at radius 1 is 1.09 bits per heavy atom. The zero-order valence-electron chi connectivity index (χ0n) is 18.0. The lowest BCUT2D eigenvalue weighted by Gasteiger charge is -2.29. The minimum atomic E-state index is -4.64. The molecule has 1 unspecified atom stereocenters. The normalized spacial score (nSPS) is 19.0. The van der Waals surface area contributed by atoms with Crippen molar-refractivity contribution in [2.24, 2.45) is 0 Å². The summed E-state index contributed by atoms with van der Waals surface area (Å²) < 4.78 is 60.7. The van der Waals surface area contributed by atoms with Gasteiger partial charge in [0.1, 0.15) is 16.9 Å². The number of alkyl halides is 3. The molecule has 0 saturated carbocycles. The predicted molar refractivity (Wildman–Crippen MR) is 113 cm³/mol. The molecule has 2 aliphatic rings. The summed E-state index contributed by atoms with van der Waals surface area (Å²) in [6.45, 7) is 1.23. The maximum atomic E-state index is 14.0. The molecule has 7 nitrogen and oxygen atoms in total. The SMILES string of the molecule is CCOc1cc2c(cc1C1(CO)C(=O)N(Cc3ccc(C(F)(F)F)o3)c3ccccc31)OCO2. The van der Waals surface area contributed by atoms with Gasteiger partial charge in [-0.2, -0.15) is 13.2 Å². The summed E-state index contributed by atoms with van der Waals surface area (Å²) in [5.41, 5.74) is -0.255. The third-order valence-electron chi connectivity index (χ3n) is 5.99. The number of para-hydroxylation sites is 1. The highest BCUT2D eigenvalue weighted by Crippen LogP contribution is 2.52. The molecule has 1 N–H and O–H groups in total. The van der Waals surface area contributed by atoms with Gasteiger partial charge in [-0.05, 0) is 36.8 Å². The molecule has 10 heteroatoms. The number of ether oxygens (including phenoxy) is 3. The Balaban J connectivity index is 1.63. The highest BCUT2D eigenvalue weighted by Gasteiger charge is 2.54. The Morgan fingerprint density at radius 3 is 2.50 bits per heavy atom. The summed E-state index contributed by atoms with van der Waals surface area (Å²) in [5.74, 6) is -0.531. The average Bonchev–Trinajstić information content (AvgIpc) is 3.52. The number of hydrogen-bond acceptors (Lipinski definition) is 6. The molecular formula is C24H20F3NO6.